The van der Waals surface area contributed by atoms with Gasteiger partial charge < -0.3 is 10.8 Å². The van der Waals surface area contributed by atoms with Crippen molar-refractivity contribution < 1.29 is 5.11 Å². The first-order chi connectivity index (χ1) is 8.38. The van der Waals surface area contributed by atoms with Crippen LogP contribution in [0.2, 0.25) is 0 Å². The van der Waals surface area contributed by atoms with Crippen LogP contribution in [0.5, 0.6) is 0 Å². The third-order valence-corrected chi connectivity index (χ3v) is 4.22. The van der Waals surface area contributed by atoms with E-state index in [2.05, 4.69) is 20.8 Å². The van der Waals surface area contributed by atoms with Crippen LogP contribution in [0.4, 0.5) is 0 Å². The van der Waals surface area contributed by atoms with Crippen molar-refractivity contribution in [2.24, 2.45) is 5.73 Å². The summed E-state index contributed by atoms with van der Waals surface area (Å²) in [4.78, 5) is 2.14. The van der Waals surface area contributed by atoms with Crippen molar-refractivity contribution in [1.29, 1.82) is 0 Å². The number of nitrogens with two attached hydrogens (primary N) is 1. The van der Waals surface area contributed by atoms with Gasteiger partial charge in [0.2, 0.25) is 0 Å². The summed E-state index contributed by atoms with van der Waals surface area (Å²) in [5.74, 6) is 0. The fourth-order valence-corrected chi connectivity index (χ4v) is 2.27. The van der Waals surface area contributed by atoms with Gasteiger partial charge in [-0.3, -0.25) is 4.90 Å². The van der Waals surface area contributed by atoms with Gasteiger partial charge >= 0.3 is 0 Å². The summed E-state index contributed by atoms with van der Waals surface area (Å²) in [6, 6.07) is 8.06. The maximum Gasteiger partial charge on any atom is 0.0609 e. The largest absolute Gasteiger partial charge is 0.394 e. The van der Waals surface area contributed by atoms with Crippen molar-refractivity contribution in [2.75, 3.05) is 20.2 Å². The van der Waals surface area contributed by atoms with Crippen molar-refractivity contribution in [1.82, 2.24) is 4.90 Å². The van der Waals surface area contributed by atoms with Crippen LogP contribution in [0.1, 0.15) is 31.9 Å². The van der Waals surface area contributed by atoms with E-state index in [0.29, 0.717) is 0 Å². The highest BCUT2D eigenvalue weighted by molar-refractivity contribution is 9.10. The minimum Gasteiger partial charge on any atom is -0.394 e. The summed E-state index contributed by atoms with van der Waals surface area (Å²) < 4.78 is 1.06. The fraction of sp³-hybridized carbons (Fsp3) is 0.571. The summed E-state index contributed by atoms with van der Waals surface area (Å²) in [7, 11) is 2.02. The molecule has 1 unspecified atom stereocenters. The first kappa shape index (κ1) is 15.6. The zero-order valence-corrected chi connectivity index (χ0v) is 12.9. The van der Waals surface area contributed by atoms with Gasteiger partial charge in [0.1, 0.15) is 0 Å². The molecule has 0 saturated heterocycles. The second-order valence-electron chi connectivity index (χ2n) is 5.31. The normalized spacial score (nSPS) is 13.9. The molecule has 0 amide bonds. The predicted molar refractivity (Wildman–Crippen MR) is 79.5 cm³/mol. The highest BCUT2D eigenvalue weighted by Crippen LogP contribution is 2.24. The van der Waals surface area contributed by atoms with Gasteiger partial charge in [0.15, 0.2) is 0 Å². The van der Waals surface area contributed by atoms with Gasteiger partial charge in [-0.15, -0.1) is 0 Å². The number of nitrogens with zero attached hydrogens (tertiary/aromatic N) is 1. The third kappa shape index (κ3) is 4.05. The molecule has 0 aromatic heterocycles. The Labute approximate surface area is 118 Å². The molecule has 0 saturated carbocycles. The molecular weight excluding hydrogens is 292 g/mol. The molecule has 0 radical (unpaired) electrons. The van der Waals surface area contributed by atoms with Crippen LogP contribution < -0.4 is 5.73 Å². The van der Waals surface area contributed by atoms with Gasteiger partial charge in [0.05, 0.1) is 6.61 Å². The summed E-state index contributed by atoms with van der Waals surface area (Å²) in [6.45, 7) is 5.05. The fourth-order valence-electron chi connectivity index (χ4n) is 1.69. The van der Waals surface area contributed by atoms with Crippen LogP contribution in [0.15, 0.2) is 28.7 Å². The summed E-state index contributed by atoms with van der Waals surface area (Å²) in [5.41, 5.74) is 7.14. The third-order valence-electron chi connectivity index (χ3n) is 3.50. The Balaban J connectivity index is 2.57. The van der Waals surface area contributed by atoms with E-state index in [1.165, 1.54) is 0 Å². The summed E-state index contributed by atoms with van der Waals surface area (Å²) in [5, 5.41) is 9.31. The van der Waals surface area contributed by atoms with Crippen molar-refractivity contribution >= 4 is 15.9 Å². The lowest BCUT2D eigenvalue weighted by Gasteiger charge is -2.34. The minimum absolute atomic E-state index is 0.0116. The Morgan fingerprint density at radius 1 is 1.39 bits per heavy atom. The average Bonchev–Trinajstić information content (AvgIpc) is 2.36. The average molecular weight is 315 g/mol. The standard InChI is InChI=1S/C14H23BrN2O/c1-14(2,10-18)17(3)9-8-13(16)11-6-4-5-7-12(11)15/h4-7,13,18H,8-10,16H2,1-3H3. The molecular formula is C14H23BrN2O. The molecule has 0 fully saturated rings. The Hall–Kier alpha value is -0.420. The maximum atomic E-state index is 9.31. The van der Waals surface area contributed by atoms with Crippen LogP contribution >= 0.6 is 15.9 Å². The van der Waals surface area contributed by atoms with Crippen LogP contribution in [0.25, 0.3) is 0 Å². The Kier molecular flexibility index (Phi) is 5.79. The Morgan fingerprint density at radius 3 is 2.56 bits per heavy atom. The molecule has 102 valence electrons. The van der Waals surface area contributed by atoms with Gasteiger partial charge in [-0.05, 0) is 38.9 Å². The molecule has 0 aliphatic heterocycles. The highest BCUT2D eigenvalue weighted by atomic mass is 79.9. The molecule has 0 bridgehead atoms. The summed E-state index contributed by atoms with van der Waals surface area (Å²) in [6.07, 6.45) is 0.864. The minimum atomic E-state index is -0.201. The first-order valence-electron chi connectivity index (χ1n) is 6.20. The molecule has 18 heavy (non-hydrogen) atoms. The van der Waals surface area contributed by atoms with E-state index >= 15 is 0 Å². The molecule has 3 N–H and O–H groups in total. The lowest BCUT2D eigenvalue weighted by molar-refractivity contribution is 0.0767. The highest BCUT2D eigenvalue weighted by Gasteiger charge is 2.22. The van der Waals surface area contributed by atoms with Crippen LogP contribution in [0, 0.1) is 0 Å². The number of hydrogen-bond donors (Lipinski definition) is 2. The smallest absolute Gasteiger partial charge is 0.0609 e. The second-order valence-corrected chi connectivity index (χ2v) is 6.16. The van der Waals surface area contributed by atoms with Crippen LogP contribution in [-0.4, -0.2) is 35.7 Å². The van der Waals surface area contributed by atoms with Crippen molar-refractivity contribution in [3.05, 3.63) is 34.3 Å². The van der Waals surface area contributed by atoms with E-state index in [4.69, 9.17) is 5.73 Å². The van der Waals surface area contributed by atoms with E-state index in [9.17, 15) is 5.11 Å². The number of likely N-dealkylation sites (N-methyl/N-ethyl adjacent to an activating group) is 1. The Morgan fingerprint density at radius 2 is 2.00 bits per heavy atom. The number of benzene rings is 1. The quantitative estimate of drug-likeness (QED) is 0.848. The van der Waals surface area contributed by atoms with Gasteiger partial charge in [-0.25, -0.2) is 0 Å². The topological polar surface area (TPSA) is 49.5 Å². The molecule has 3 nitrogen and oxygen atoms in total. The van der Waals surface area contributed by atoms with Crippen molar-refractivity contribution in [3.63, 3.8) is 0 Å². The molecule has 1 aromatic carbocycles. The SMILES string of the molecule is CN(CCC(N)c1ccccc1Br)C(C)(C)CO. The maximum absolute atomic E-state index is 9.31. The van der Waals surface area contributed by atoms with E-state index in [0.717, 1.165) is 23.0 Å². The van der Waals surface area contributed by atoms with E-state index in [1.54, 1.807) is 0 Å². The molecule has 1 atom stereocenters. The number of aliphatic hydroxyl groups excluding tert-OH is 1. The first-order valence-corrected chi connectivity index (χ1v) is 7.00. The van der Waals surface area contributed by atoms with E-state index in [-0.39, 0.29) is 18.2 Å². The zero-order valence-electron chi connectivity index (χ0n) is 11.4. The van der Waals surface area contributed by atoms with Gasteiger partial charge in [0, 0.05) is 22.6 Å². The molecule has 0 aliphatic carbocycles. The van der Waals surface area contributed by atoms with E-state index in [1.807, 2.05) is 45.2 Å². The number of halogens is 1. The van der Waals surface area contributed by atoms with Gasteiger partial charge in [-0.1, -0.05) is 34.1 Å². The van der Waals surface area contributed by atoms with Crippen LogP contribution in [0.3, 0.4) is 0 Å². The lowest BCUT2D eigenvalue weighted by Crippen LogP contribution is -2.45. The molecule has 0 heterocycles. The lowest BCUT2D eigenvalue weighted by atomic mass is 10.0. The summed E-state index contributed by atoms with van der Waals surface area (Å²) >= 11 is 3.52. The molecule has 0 aliphatic rings. The van der Waals surface area contributed by atoms with Gasteiger partial charge in [0.25, 0.3) is 0 Å². The van der Waals surface area contributed by atoms with Crippen LogP contribution in [-0.2, 0) is 0 Å². The van der Waals surface area contributed by atoms with E-state index < -0.39 is 0 Å². The second kappa shape index (κ2) is 6.66. The number of hydrogen-bond acceptors (Lipinski definition) is 3. The van der Waals surface area contributed by atoms with Crippen molar-refractivity contribution in [2.45, 2.75) is 31.8 Å². The molecule has 1 aromatic rings. The molecule has 4 heteroatoms. The Bertz CT molecular complexity index is 382. The molecule has 0 spiro atoms. The van der Waals surface area contributed by atoms with Crippen molar-refractivity contribution in [3.8, 4) is 0 Å². The molecule has 1 rings (SSSR count). The predicted octanol–water partition coefficient (Wildman–Crippen LogP) is 2.54. The zero-order chi connectivity index (χ0) is 13.8. The monoisotopic (exact) mass is 314 g/mol. The number of rotatable bonds is 6. The van der Waals surface area contributed by atoms with Gasteiger partial charge in [-0.2, -0.15) is 0 Å². The number of aliphatic hydroxyl groups is 1.